The average molecular weight is 400 g/mol. The molecule has 0 bridgehead atoms. The first kappa shape index (κ1) is 19.1. The van der Waals surface area contributed by atoms with Crippen LogP contribution < -0.4 is 15.1 Å². The lowest BCUT2D eigenvalue weighted by Crippen LogP contribution is -2.50. The molecule has 2 aliphatic heterocycles. The molecule has 2 aromatic rings. The average Bonchev–Trinajstić information content (AvgIpc) is 3.29. The zero-order chi connectivity index (χ0) is 19.3. The molecule has 28 heavy (non-hydrogen) atoms. The lowest BCUT2D eigenvalue weighted by atomic mass is 10.2. The highest BCUT2D eigenvalue weighted by Gasteiger charge is 2.23. The molecular formula is C21H29N5OS. The minimum Gasteiger partial charge on any atom is -0.367 e. The number of carbonyl (C=O) groups excluding carboxylic acids is 1. The molecular weight excluding hydrogens is 370 g/mol. The zero-order valence-corrected chi connectivity index (χ0v) is 17.3. The van der Waals surface area contributed by atoms with Crippen LogP contribution in [0.25, 0.3) is 0 Å². The van der Waals surface area contributed by atoms with E-state index in [4.69, 9.17) is 0 Å². The third kappa shape index (κ3) is 4.25. The number of urea groups is 1. The first-order valence-corrected chi connectivity index (χ1v) is 11.0. The van der Waals surface area contributed by atoms with Crippen molar-refractivity contribution in [1.29, 1.82) is 0 Å². The number of amides is 2. The summed E-state index contributed by atoms with van der Waals surface area (Å²) in [4.78, 5) is 22.0. The Morgan fingerprint density at radius 3 is 2.32 bits per heavy atom. The van der Waals surface area contributed by atoms with Gasteiger partial charge in [0.2, 0.25) is 0 Å². The van der Waals surface area contributed by atoms with E-state index in [1.807, 2.05) is 17.0 Å². The van der Waals surface area contributed by atoms with Crippen molar-refractivity contribution >= 4 is 33.7 Å². The monoisotopic (exact) mass is 399 g/mol. The molecule has 2 amide bonds. The molecule has 0 aliphatic carbocycles. The van der Waals surface area contributed by atoms with Crippen LogP contribution in [0.4, 0.5) is 21.2 Å². The molecule has 2 aliphatic rings. The van der Waals surface area contributed by atoms with Crippen LogP contribution in [0.15, 0.2) is 41.8 Å². The summed E-state index contributed by atoms with van der Waals surface area (Å²) in [5.41, 5.74) is 2.04. The van der Waals surface area contributed by atoms with Crippen LogP contribution >= 0.6 is 11.3 Å². The molecule has 0 atom stereocenters. The first-order valence-electron chi connectivity index (χ1n) is 10.2. The number of hydrogen-bond acceptors (Lipinski definition) is 5. The van der Waals surface area contributed by atoms with E-state index in [1.54, 1.807) is 11.3 Å². The molecule has 2 fully saturated rings. The molecule has 1 aromatic carbocycles. The van der Waals surface area contributed by atoms with Crippen LogP contribution in [-0.2, 0) is 0 Å². The molecule has 1 aromatic heterocycles. The molecule has 0 radical (unpaired) electrons. The Morgan fingerprint density at radius 1 is 0.929 bits per heavy atom. The summed E-state index contributed by atoms with van der Waals surface area (Å²) in [7, 11) is 0. The second-order valence-electron chi connectivity index (χ2n) is 7.29. The van der Waals surface area contributed by atoms with Crippen LogP contribution in [-0.4, -0.2) is 74.7 Å². The number of piperazine rings is 2. The minimum atomic E-state index is 0.00507. The van der Waals surface area contributed by atoms with Crippen LogP contribution in [0.5, 0.6) is 0 Å². The fourth-order valence-electron chi connectivity index (χ4n) is 3.93. The lowest BCUT2D eigenvalue weighted by Gasteiger charge is -2.37. The van der Waals surface area contributed by atoms with Gasteiger partial charge < -0.3 is 24.9 Å². The molecule has 7 heteroatoms. The maximum Gasteiger partial charge on any atom is 0.322 e. The number of nitrogens with one attached hydrogen (secondary N) is 1. The van der Waals surface area contributed by atoms with Gasteiger partial charge in [-0.1, -0.05) is 19.1 Å². The number of anilines is 3. The number of thiophene rings is 1. The van der Waals surface area contributed by atoms with Gasteiger partial charge in [0.15, 0.2) is 0 Å². The van der Waals surface area contributed by atoms with Gasteiger partial charge in [-0.2, -0.15) is 0 Å². The van der Waals surface area contributed by atoms with Gasteiger partial charge in [0.1, 0.15) is 0 Å². The van der Waals surface area contributed by atoms with Crippen molar-refractivity contribution in [3.05, 3.63) is 41.8 Å². The number of rotatable bonds is 4. The largest absolute Gasteiger partial charge is 0.367 e. The van der Waals surface area contributed by atoms with Gasteiger partial charge >= 0.3 is 6.03 Å². The van der Waals surface area contributed by atoms with Crippen molar-refractivity contribution in [2.45, 2.75) is 6.92 Å². The van der Waals surface area contributed by atoms with Crippen LogP contribution in [0.3, 0.4) is 0 Å². The molecule has 150 valence electrons. The molecule has 6 nitrogen and oxygen atoms in total. The molecule has 1 N–H and O–H groups in total. The Labute approximate surface area is 171 Å². The molecule has 4 rings (SSSR count). The van der Waals surface area contributed by atoms with Crippen molar-refractivity contribution in [3.8, 4) is 0 Å². The van der Waals surface area contributed by atoms with Crippen molar-refractivity contribution in [2.24, 2.45) is 0 Å². The highest BCUT2D eigenvalue weighted by molar-refractivity contribution is 7.14. The van der Waals surface area contributed by atoms with Crippen LogP contribution in [0.2, 0.25) is 0 Å². The minimum absolute atomic E-state index is 0.00507. The number of carbonyl (C=O) groups is 1. The SMILES string of the molecule is CCN1CCN(c2ccccc2NC(=O)N2CCN(c3cccs3)CC2)CC1. The highest BCUT2D eigenvalue weighted by Crippen LogP contribution is 2.27. The molecule has 2 saturated heterocycles. The Bertz CT molecular complexity index is 765. The van der Waals surface area contributed by atoms with E-state index < -0.39 is 0 Å². The van der Waals surface area contributed by atoms with Gasteiger partial charge in [0, 0.05) is 52.4 Å². The molecule has 0 spiro atoms. The number of para-hydroxylation sites is 2. The highest BCUT2D eigenvalue weighted by atomic mass is 32.1. The zero-order valence-electron chi connectivity index (χ0n) is 16.5. The number of likely N-dealkylation sites (N-methyl/N-ethyl adjacent to an activating group) is 1. The quantitative estimate of drug-likeness (QED) is 0.857. The maximum atomic E-state index is 12.9. The van der Waals surface area contributed by atoms with Crippen molar-refractivity contribution < 1.29 is 4.79 Å². The predicted molar refractivity (Wildman–Crippen MR) is 118 cm³/mol. The Morgan fingerprint density at radius 2 is 1.64 bits per heavy atom. The van der Waals surface area contributed by atoms with E-state index in [0.29, 0.717) is 0 Å². The number of benzene rings is 1. The summed E-state index contributed by atoms with van der Waals surface area (Å²) >= 11 is 1.76. The van der Waals surface area contributed by atoms with E-state index in [0.717, 1.165) is 70.3 Å². The van der Waals surface area contributed by atoms with Gasteiger partial charge in [-0.15, -0.1) is 11.3 Å². The number of nitrogens with zero attached hydrogens (tertiary/aromatic N) is 4. The van der Waals surface area contributed by atoms with Crippen molar-refractivity contribution in [2.75, 3.05) is 74.0 Å². The van der Waals surface area contributed by atoms with E-state index >= 15 is 0 Å². The topological polar surface area (TPSA) is 42.1 Å². The lowest BCUT2D eigenvalue weighted by molar-refractivity contribution is 0.208. The van der Waals surface area contributed by atoms with Gasteiger partial charge in [0.05, 0.1) is 16.4 Å². The van der Waals surface area contributed by atoms with E-state index in [-0.39, 0.29) is 6.03 Å². The molecule has 0 unspecified atom stereocenters. The normalized spacial score (nSPS) is 18.4. The summed E-state index contributed by atoms with van der Waals surface area (Å²) in [6, 6.07) is 12.4. The fraction of sp³-hybridized carbons (Fsp3) is 0.476. The van der Waals surface area contributed by atoms with Gasteiger partial charge in [0.25, 0.3) is 0 Å². The van der Waals surface area contributed by atoms with Crippen LogP contribution in [0.1, 0.15) is 6.92 Å². The van der Waals surface area contributed by atoms with Gasteiger partial charge in [-0.25, -0.2) is 4.79 Å². The predicted octanol–water partition coefficient (Wildman–Crippen LogP) is 3.24. The van der Waals surface area contributed by atoms with Crippen LogP contribution in [0, 0.1) is 0 Å². The molecule has 0 saturated carbocycles. The van der Waals surface area contributed by atoms with Crippen molar-refractivity contribution in [1.82, 2.24) is 9.80 Å². The van der Waals surface area contributed by atoms with Crippen molar-refractivity contribution in [3.63, 3.8) is 0 Å². The van der Waals surface area contributed by atoms with E-state index in [9.17, 15) is 4.79 Å². The Kier molecular flexibility index (Phi) is 6.02. The number of hydrogen-bond donors (Lipinski definition) is 1. The summed E-state index contributed by atoms with van der Waals surface area (Å²) < 4.78 is 0. The summed E-state index contributed by atoms with van der Waals surface area (Å²) in [5.74, 6) is 0. The first-order chi connectivity index (χ1) is 13.7. The standard InChI is InChI=1S/C21H29N5OS/c1-2-23-9-11-24(12-10-23)19-7-4-3-6-18(19)22-21(27)26-15-13-25(14-16-26)20-8-5-17-28-20/h3-8,17H,2,9-16H2,1H3,(H,22,27). The third-order valence-corrected chi connectivity index (χ3v) is 6.62. The third-order valence-electron chi connectivity index (χ3n) is 5.69. The smallest absolute Gasteiger partial charge is 0.322 e. The van der Waals surface area contributed by atoms with E-state index in [2.05, 4.69) is 56.6 Å². The summed E-state index contributed by atoms with van der Waals surface area (Å²) in [6.45, 7) is 10.7. The Hall–Kier alpha value is -2.25. The summed E-state index contributed by atoms with van der Waals surface area (Å²) in [6.07, 6.45) is 0. The second kappa shape index (κ2) is 8.84. The summed E-state index contributed by atoms with van der Waals surface area (Å²) in [5, 5.41) is 6.56. The van der Waals surface area contributed by atoms with E-state index in [1.165, 1.54) is 5.00 Å². The van der Waals surface area contributed by atoms with Gasteiger partial charge in [-0.05, 0) is 36.2 Å². The molecule has 3 heterocycles. The maximum absolute atomic E-state index is 12.9. The fourth-order valence-corrected chi connectivity index (χ4v) is 4.72. The van der Waals surface area contributed by atoms with Gasteiger partial charge in [-0.3, -0.25) is 0 Å². The Balaban J connectivity index is 1.36. The second-order valence-corrected chi connectivity index (χ2v) is 8.22.